The molecule has 2 atom stereocenters. The van der Waals surface area contributed by atoms with E-state index in [2.05, 4.69) is 22.3 Å². The fourth-order valence-corrected chi connectivity index (χ4v) is 2.84. The Balaban J connectivity index is 2.13. The Morgan fingerprint density at radius 2 is 2.00 bits per heavy atom. The SMILES string of the molecule is Cc1cc(C(=O)NC2CCNCC2C)cc(C)c1OC(F)F. The molecule has 0 saturated carbocycles. The number of benzene rings is 1. The van der Waals surface area contributed by atoms with Crippen molar-refractivity contribution in [2.45, 2.75) is 39.8 Å². The van der Waals surface area contributed by atoms with Crippen molar-refractivity contribution >= 4 is 5.91 Å². The first-order valence-electron chi connectivity index (χ1n) is 7.46. The molecule has 2 unspecified atom stereocenters. The molecule has 0 radical (unpaired) electrons. The molecule has 22 heavy (non-hydrogen) atoms. The molecule has 6 heteroatoms. The third-order valence-electron chi connectivity index (χ3n) is 4.03. The van der Waals surface area contributed by atoms with Gasteiger partial charge < -0.3 is 15.4 Å². The van der Waals surface area contributed by atoms with Crippen LogP contribution in [0.3, 0.4) is 0 Å². The first-order valence-corrected chi connectivity index (χ1v) is 7.46. The molecular weight excluding hydrogens is 290 g/mol. The van der Waals surface area contributed by atoms with Gasteiger partial charge >= 0.3 is 6.61 Å². The quantitative estimate of drug-likeness (QED) is 0.898. The summed E-state index contributed by atoms with van der Waals surface area (Å²) in [7, 11) is 0. The summed E-state index contributed by atoms with van der Waals surface area (Å²) in [5.41, 5.74) is 1.54. The van der Waals surface area contributed by atoms with E-state index in [1.165, 1.54) is 0 Å². The third-order valence-corrected chi connectivity index (χ3v) is 4.03. The number of piperidine rings is 1. The van der Waals surface area contributed by atoms with Gasteiger partial charge in [-0.1, -0.05) is 6.92 Å². The fraction of sp³-hybridized carbons (Fsp3) is 0.562. The van der Waals surface area contributed by atoms with Gasteiger partial charge in [-0.2, -0.15) is 8.78 Å². The Labute approximate surface area is 129 Å². The Morgan fingerprint density at radius 3 is 2.55 bits per heavy atom. The van der Waals surface area contributed by atoms with Gasteiger partial charge in [-0.05, 0) is 62.5 Å². The van der Waals surface area contributed by atoms with Crippen LogP contribution in [0.1, 0.15) is 34.8 Å². The molecule has 1 aromatic rings. The zero-order chi connectivity index (χ0) is 16.3. The van der Waals surface area contributed by atoms with Crippen LogP contribution in [0.2, 0.25) is 0 Å². The normalized spacial score (nSPS) is 21.7. The van der Waals surface area contributed by atoms with Gasteiger partial charge in [0.2, 0.25) is 0 Å². The van der Waals surface area contributed by atoms with Gasteiger partial charge in [-0.25, -0.2) is 0 Å². The van der Waals surface area contributed by atoms with E-state index in [9.17, 15) is 13.6 Å². The maximum absolute atomic E-state index is 12.4. The molecule has 1 aliphatic rings. The highest BCUT2D eigenvalue weighted by Gasteiger charge is 2.23. The van der Waals surface area contributed by atoms with Crippen molar-refractivity contribution in [1.29, 1.82) is 0 Å². The van der Waals surface area contributed by atoms with Crippen molar-refractivity contribution < 1.29 is 18.3 Å². The van der Waals surface area contributed by atoms with Crippen molar-refractivity contribution in [3.63, 3.8) is 0 Å². The second-order valence-electron chi connectivity index (χ2n) is 5.87. The molecule has 1 fully saturated rings. The molecule has 1 amide bonds. The monoisotopic (exact) mass is 312 g/mol. The maximum Gasteiger partial charge on any atom is 0.387 e. The van der Waals surface area contributed by atoms with E-state index in [-0.39, 0.29) is 17.7 Å². The number of hydrogen-bond donors (Lipinski definition) is 2. The molecule has 0 bridgehead atoms. The summed E-state index contributed by atoms with van der Waals surface area (Å²) in [4.78, 5) is 12.4. The first-order chi connectivity index (χ1) is 10.4. The topological polar surface area (TPSA) is 50.4 Å². The van der Waals surface area contributed by atoms with E-state index in [4.69, 9.17) is 0 Å². The molecule has 1 saturated heterocycles. The number of aryl methyl sites for hydroxylation is 2. The Morgan fingerprint density at radius 1 is 1.36 bits per heavy atom. The average molecular weight is 312 g/mol. The number of amides is 1. The Hall–Kier alpha value is -1.69. The van der Waals surface area contributed by atoms with Gasteiger partial charge in [0.05, 0.1) is 0 Å². The zero-order valence-corrected chi connectivity index (χ0v) is 13.1. The molecule has 122 valence electrons. The molecule has 4 nitrogen and oxygen atoms in total. The van der Waals surface area contributed by atoms with E-state index in [0.29, 0.717) is 22.6 Å². The molecular formula is C16H22F2N2O2. The minimum Gasteiger partial charge on any atom is -0.434 e. The predicted molar refractivity (Wildman–Crippen MR) is 80.5 cm³/mol. The van der Waals surface area contributed by atoms with Gasteiger partial charge in [-0.3, -0.25) is 4.79 Å². The smallest absolute Gasteiger partial charge is 0.387 e. The summed E-state index contributed by atoms with van der Waals surface area (Å²) in [5, 5.41) is 6.31. The van der Waals surface area contributed by atoms with Crippen LogP contribution in [-0.2, 0) is 0 Å². The van der Waals surface area contributed by atoms with Crippen LogP contribution >= 0.6 is 0 Å². The number of rotatable bonds is 4. The van der Waals surface area contributed by atoms with Gasteiger partial charge in [0, 0.05) is 11.6 Å². The molecule has 0 aromatic heterocycles. The Kier molecular flexibility index (Phi) is 5.34. The summed E-state index contributed by atoms with van der Waals surface area (Å²) in [6, 6.07) is 3.31. The number of alkyl halides is 2. The Bertz CT molecular complexity index is 526. The third kappa shape index (κ3) is 3.94. The molecule has 1 aliphatic heterocycles. The van der Waals surface area contributed by atoms with Crippen LogP contribution < -0.4 is 15.4 Å². The van der Waals surface area contributed by atoms with Gasteiger partial charge in [0.1, 0.15) is 5.75 Å². The van der Waals surface area contributed by atoms with E-state index in [0.717, 1.165) is 19.5 Å². The predicted octanol–water partition coefficient (Wildman–Crippen LogP) is 2.63. The lowest BCUT2D eigenvalue weighted by Crippen LogP contribution is -2.48. The minimum absolute atomic E-state index is 0.131. The van der Waals surface area contributed by atoms with E-state index < -0.39 is 6.61 Å². The van der Waals surface area contributed by atoms with Crippen LogP contribution in [0.5, 0.6) is 5.75 Å². The number of halogens is 2. The van der Waals surface area contributed by atoms with Gasteiger partial charge in [-0.15, -0.1) is 0 Å². The van der Waals surface area contributed by atoms with Crippen LogP contribution in [0.25, 0.3) is 0 Å². The minimum atomic E-state index is -2.87. The van der Waals surface area contributed by atoms with Crippen molar-refractivity contribution in [3.05, 3.63) is 28.8 Å². The second-order valence-corrected chi connectivity index (χ2v) is 5.87. The van der Waals surface area contributed by atoms with Gasteiger partial charge in [0.15, 0.2) is 0 Å². The molecule has 2 N–H and O–H groups in total. The van der Waals surface area contributed by atoms with Crippen molar-refractivity contribution in [2.24, 2.45) is 5.92 Å². The second kappa shape index (κ2) is 7.05. The van der Waals surface area contributed by atoms with Crippen molar-refractivity contribution in [2.75, 3.05) is 13.1 Å². The number of ether oxygens (including phenoxy) is 1. The molecule has 0 spiro atoms. The van der Waals surface area contributed by atoms with E-state index in [1.807, 2.05) is 0 Å². The maximum atomic E-state index is 12.4. The van der Waals surface area contributed by atoms with E-state index in [1.54, 1.807) is 26.0 Å². The summed E-state index contributed by atoms with van der Waals surface area (Å²) >= 11 is 0. The number of carbonyl (C=O) groups excluding carboxylic acids is 1. The van der Waals surface area contributed by atoms with Gasteiger partial charge in [0.25, 0.3) is 5.91 Å². The van der Waals surface area contributed by atoms with E-state index >= 15 is 0 Å². The standard InChI is InChI=1S/C16H22F2N2O2/c1-9-6-12(7-10(2)14(9)22-16(17)18)15(21)20-13-4-5-19-8-11(13)3/h6-7,11,13,16,19H,4-5,8H2,1-3H3,(H,20,21). The highest BCUT2D eigenvalue weighted by Crippen LogP contribution is 2.26. The summed E-state index contributed by atoms with van der Waals surface area (Å²) < 4.78 is 29.3. The molecule has 2 rings (SSSR count). The van der Waals surface area contributed by atoms with Crippen LogP contribution in [0, 0.1) is 19.8 Å². The average Bonchev–Trinajstić information content (AvgIpc) is 2.44. The first kappa shape index (κ1) is 16.7. The number of nitrogens with one attached hydrogen (secondary N) is 2. The summed E-state index contributed by atoms with van der Waals surface area (Å²) in [6.45, 7) is 4.31. The lowest BCUT2D eigenvalue weighted by Gasteiger charge is -2.30. The number of carbonyl (C=O) groups is 1. The van der Waals surface area contributed by atoms with Crippen LogP contribution in [0.15, 0.2) is 12.1 Å². The molecule has 0 aliphatic carbocycles. The van der Waals surface area contributed by atoms with Crippen LogP contribution in [-0.4, -0.2) is 31.7 Å². The summed E-state index contributed by atoms with van der Waals surface area (Å²) in [6.07, 6.45) is 0.886. The highest BCUT2D eigenvalue weighted by molar-refractivity contribution is 5.95. The van der Waals surface area contributed by atoms with Crippen molar-refractivity contribution in [1.82, 2.24) is 10.6 Å². The zero-order valence-electron chi connectivity index (χ0n) is 13.1. The molecule has 1 heterocycles. The molecule has 1 aromatic carbocycles. The lowest BCUT2D eigenvalue weighted by atomic mass is 9.94. The highest BCUT2D eigenvalue weighted by atomic mass is 19.3. The number of hydrogen-bond acceptors (Lipinski definition) is 3. The summed E-state index contributed by atoms with van der Waals surface area (Å²) in [5.74, 6) is 0.330. The lowest BCUT2D eigenvalue weighted by molar-refractivity contribution is -0.0507. The fourth-order valence-electron chi connectivity index (χ4n) is 2.84. The largest absolute Gasteiger partial charge is 0.434 e. The van der Waals surface area contributed by atoms with Crippen molar-refractivity contribution in [3.8, 4) is 5.75 Å². The van der Waals surface area contributed by atoms with Crippen LogP contribution in [0.4, 0.5) is 8.78 Å².